The molecule has 2 rings (SSSR count). The van der Waals surface area contributed by atoms with E-state index in [0.29, 0.717) is 11.8 Å². The molecular weight excluding hydrogens is 224 g/mol. The molecule has 2 aromatic rings. The van der Waals surface area contributed by atoms with E-state index in [9.17, 15) is 0 Å². The molecule has 0 aliphatic carbocycles. The first-order valence-electron chi connectivity index (χ1n) is 4.68. The Labute approximate surface area is 96.8 Å². The molecule has 0 radical (unpaired) electrons. The maximum absolute atomic E-state index is 5.65. The van der Waals surface area contributed by atoms with Crippen LogP contribution < -0.4 is 11.3 Å². The highest BCUT2D eigenvalue weighted by molar-refractivity contribution is 7.11. The Morgan fingerprint density at radius 2 is 2.31 bits per heavy atom. The molecule has 2 heterocycles. The molecule has 0 aromatic carbocycles. The maximum atomic E-state index is 5.65. The molecular formula is C9H12N6S. The molecule has 84 valence electrons. The van der Waals surface area contributed by atoms with Gasteiger partial charge in [0.2, 0.25) is 0 Å². The van der Waals surface area contributed by atoms with Gasteiger partial charge in [0, 0.05) is 4.88 Å². The van der Waals surface area contributed by atoms with Crippen LogP contribution >= 0.6 is 11.3 Å². The van der Waals surface area contributed by atoms with Gasteiger partial charge in [-0.25, -0.2) is 10.1 Å². The first-order chi connectivity index (χ1) is 7.68. The fourth-order valence-corrected chi connectivity index (χ4v) is 1.90. The van der Waals surface area contributed by atoms with Crippen molar-refractivity contribution < 1.29 is 0 Å². The van der Waals surface area contributed by atoms with Crippen LogP contribution in [0.2, 0.25) is 0 Å². The van der Waals surface area contributed by atoms with Gasteiger partial charge >= 0.3 is 0 Å². The number of hydrogen-bond acceptors (Lipinski definition) is 6. The lowest BCUT2D eigenvalue weighted by molar-refractivity contribution is 0.926. The lowest BCUT2D eigenvalue weighted by Gasteiger charge is -1.98. The summed E-state index contributed by atoms with van der Waals surface area (Å²) in [4.78, 5) is 1.10. The van der Waals surface area contributed by atoms with E-state index in [1.165, 1.54) is 10.2 Å². The Bertz CT molecular complexity index is 512. The lowest BCUT2D eigenvalue weighted by atomic mass is 10.3. The zero-order chi connectivity index (χ0) is 11.5. The van der Waals surface area contributed by atoms with Crippen molar-refractivity contribution in [3.63, 3.8) is 0 Å². The number of nitrogens with zero attached hydrogens (tertiary/aromatic N) is 4. The summed E-state index contributed by atoms with van der Waals surface area (Å²) in [7, 11) is 0. The third kappa shape index (κ3) is 2.03. The molecule has 7 heteroatoms. The predicted molar refractivity (Wildman–Crippen MR) is 65.2 cm³/mol. The third-order valence-corrected chi connectivity index (χ3v) is 3.07. The largest absolute Gasteiger partial charge is 0.335 e. The normalized spacial score (nSPS) is 11.1. The molecule has 0 saturated carbocycles. The van der Waals surface area contributed by atoms with Crippen molar-refractivity contribution >= 4 is 23.5 Å². The first kappa shape index (κ1) is 10.6. The fourth-order valence-electron chi connectivity index (χ4n) is 1.11. The number of aryl methyl sites for hydroxylation is 2. The van der Waals surface area contributed by atoms with Crippen LogP contribution in [0.15, 0.2) is 16.5 Å². The quantitative estimate of drug-likeness (QED) is 0.475. The Hall–Kier alpha value is -1.89. The van der Waals surface area contributed by atoms with Gasteiger partial charge in [-0.05, 0) is 30.9 Å². The number of anilines is 1. The van der Waals surface area contributed by atoms with E-state index in [0.717, 1.165) is 4.88 Å². The van der Waals surface area contributed by atoms with Gasteiger partial charge in [0.25, 0.3) is 5.95 Å². The molecule has 0 unspecified atom stereocenters. The molecule has 6 nitrogen and oxygen atoms in total. The second-order valence-corrected chi connectivity index (χ2v) is 4.23. The molecule has 2 aromatic heterocycles. The van der Waals surface area contributed by atoms with E-state index in [2.05, 4.69) is 20.7 Å². The average molecular weight is 236 g/mol. The van der Waals surface area contributed by atoms with E-state index in [1.807, 2.05) is 18.4 Å². The van der Waals surface area contributed by atoms with Crippen LogP contribution in [-0.2, 0) is 0 Å². The monoisotopic (exact) mass is 236 g/mol. The van der Waals surface area contributed by atoms with Crippen molar-refractivity contribution in [2.75, 3.05) is 11.3 Å². The van der Waals surface area contributed by atoms with Crippen molar-refractivity contribution in [2.45, 2.75) is 13.8 Å². The summed E-state index contributed by atoms with van der Waals surface area (Å²) in [5.74, 6) is 6.70. The average Bonchev–Trinajstić information content (AvgIpc) is 2.80. The van der Waals surface area contributed by atoms with E-state index in [-0.39, 0.29) is 0 Å². The lowest BCUT2D eigenvalue weighted by Crippen LogP contribution is -2.13. The van der Waals surface area contributed by atoms with Crippen molar-refractivity contribution in [3.05, 3.63) is 27.7 Å². The summed E-state index contributed by atoms with van der Waals surface area (Å²) in [6, 6.07) is 2.04. The molecule has 0 spiro atoms. The zero-order valence-electron chi connectivity index (χ0n) is 9.01. The molecule has 0 aliphatic heterocycles. The van der Waals surface area contributed by atoms with Crippen molar-refractivity contribution in [3.8, 4) is 0 Å². The molecule has 0 aliphatic rings. The van der Waals surface area contributed by atoms with Gasteiger partial charge in [-0.2, -0.15) is 5.10 Å². The van der Waals surface area contributed by atoms with Gasteiger partial charge in [0.05, 0.1) is 6.21 Å². The molecule has 0 saturated heterocycles. The van der Waals surface area contributed by atoms with Gasteiger partial charge < -0.3 is 5.84 Å². The van der Waals surface area contributed by atoms with Crippen LogP contribution in [0.5, 0.6) is 0 Å². The summed E-state index contributed by atoms with van der Waals surface area (Å²) in [5, 5.41) is 13.7. The van der Waals surface area contributed by atoms with Crippen LogP contribution in [0.25, 0.3) is 0 Å². The number of hydrogen-bond donors (Lipinski definition) is 2. The number of nitrogens with one attached hydrogen (secondary N) is 1. The van der Waals surface area contributed by atoms with E-state index < -0.39 is 0 Å². The summed E-state index contributed by atoms with van der Waals surface area (Å²) in [5.41, 5.74) is 3.94. The SMILES string of the molecule is Cc1ccsc1C=NNc1nnc(C)n1N. The minimum absolute atomic E-state index is 0.419. The number of aromatic nitrogens is 3. The number of thiophene rings is 1. The molecule has 0 fully saturated rings. The van der Waals surface area contributed by atoms with Crippen LogP contribution in [-0.4, -0.2) is 21.1 Å². The second kappa shape index (κ2) is 4.31. The van der Waals surface area contributed by atoms with Crippen LogP contribution in [0.4, 0.5) is 5.95 Å². The minimum atomic E-state index is 0.419. The molecule has 0 atom stereocenters. The van der Waals surface area contributed by atoms with E-state index in [1.54, 1.807) is 24.5 Å². The summed E-state index contributed by atoms with van der Waals surface area (Å²) in [6.07, 6.45) is 1.74. The highest BCUT2D eigenvalue weighted by Crippen LogP contribution is 2.12. The van der Waals surface area contributed by atoms with Crippen molar-refractivity contribution in [1.29, 1.82) is 0 Å². The van der Waals surface area contributed by atoms with Crippen LogP contribution in [0.1, 0.15) is 16.3 Å². The predicted octanol–water partition coefficient (Wildman–Crippen LogP) is 1.12. The maximum Gasteiger partial charge on any atom is 0.263 e. The number of nitrogen functional groups attached to an aromatic ring is 1. The Morgan fingerprint density at radius 1 is 1.50 bits per heavy atom. The van der Waals surface area contributed by atoms with Crippen molar-refractivity contribution in [1.82, 2.24) is 14.9 Å². The fraction of sp³-hybridized carbons (Fsp3) is 0.222. The highest BCUT2D eigenvalue weighted by Gasteiger charge is 2.03. The van der Waals surface area contributed by atoms with Gasteiger partial charge in [0.1, 0.15) is 0 Å². The first-order valence-corrected chi connectivity index (χ1v) is 5.56. The number of hydrazone groups is 1. The summed E-state index contributed by atoms with van der Waals surface area (Å²) >= 11 is 1.63. The van der Waals surface area contributed by atoms with Gasteiger partial charge in [-0.1, -0.05) is 0 Å². The van der Waals surface area contributed by atoms with Crippen LogP contribution in [0, 0.1) is 13.8 Å². The highest BCUT2D eigenvalue weighted by atomic mass is 32.1. The Morgan fingerprint density at radius 3 is 2.88 bits per heavy atom. The molecule has 0 amide bonds. The molecule has 0 bridgehead atoms. The summed E-state index contributed by atoms with van der Waals surface area (Å²) in [6.45, 7) is 3.80. The molecule has 16 heavy (non-hydrogen) atoms. The van der Waals surface area contributed by atoms with Gasteiger partial charge in [0.15, 0.2) is 5.82 Å². The topological polar surface area (TPSA) is 81.1 Å². The van der Waals surface area contributed by atoms with Gasteiger partial charge in [-0.15, -0.1) is 21.5 Å². The summed E-state index contributed by atoms with van der Waals surface area (Å²) < 4.78 is 1.35. The van der Waals surface area contributed by atoms with Crippen molar-refractivity contribution in [2.24, 2.45) is 5.10 Å². The Balaban J connectivity index is 2.05. The molecule has 3 N–H and O–H groups in total. The Kier molecular flexibility index (Phi) is 2.86. The number of nitrogens with two attached hydrogens (primary N) is 1. The second-order valence-electron chi connectivity index (χ2n) is 3.28. The van der Waals surface area contributed by atoms with Gasteiger partial charge in [-0.3, -0.25) is 0 Å². The third-order valence-electron chi connectivity index (χ3n) is 2.11. The van der Waals surface area contributed by atoms with E-state index >= 15 is 0 Å². The zero-order valence-corrected chi connectivity index (χ0v) is 9.82. The minimum Gasteiger partial charge on any atom is -0.335 e. The standard InChI is InChI=1S/C9H12N6S/c1-6-3-4-16-8(6)5-11-13-9-14-12-7(2)15(9)10/h3-5H,10H2,1-2H3,(H,13,14). The van der Waals surface area contributed by atoms with Crippen LogP contribution in [0.3, 0.4) is 0 Å². The number of rotatable bonds is 3. The van der Waals surface area contributed by atoms with E-state index in [4.69, 9.17) is 5.84 Å². The smallest absolute Gasteiger partial charge is 0.263 e.